The zero-order valence-corrected chi connectivity index (χ0v) is 14.6. The van der Waals surface area contributed by atoms with Gasteiger partial charge in [-0.25, -0.2) is 0 Å². The zero-order chi connectivity index (χ0) is 17.3. The van der Waals surface area contributed by atoms with Gasteiger partial charge in [0.25, 0.3) is 0 Å². The van der Waals surface area contributed by atoms with Gasteiger partial charge in [-0.3, -0.25) is 9.59 Å². The molecule has 0 saturated heterocycles. The number of rotatable bonds is 4. The largest absolute Gasteiger partial charge is 0.326 e. The topological polar surface area (TPSA) is 58.2 Å². The van der Waals surface area contributed by atoms with E-state index in [0.717, 1.165) is 0 Å². The van der Waals surface area contributed by atoms with E-state index in [1.54, 1.807) is 42.5 Å². The number of amides is 2. The molecule has 2 aromatic carbocycles. The number of carbonyl (C=O) groups excluding carboxylic acids is 2. The number of anilines is 2. The Morgan fingerprint density at radius 1 is 0.917 bits per heavy atom. The molecule has 1 aliphatic rings. The Morgan fingerprint density at radius 3 is 2.29 bits per heavy atom. The average molecular weight is 384 g/mol. The van der Waals surface area contributed by atoms with Gasteiger partial charge in [-0.1, -0.05) is 46.9 Å². The van der Waals surface area contributed by atoms with Crippen LogP contribution in [0.2, 0.25) is 15.1 Å². The molecule has 2 aromatic rings. The molecule has 24 heavy (non-hydrogen) atoms. The molecular formula is C17H13Cl3N2O2. The molecule has 1 fully saturated rings. The molecule has 3 rings (SSSR count). The van der Waals surface area contributed by atoms with E-state index >= 15 is 0 Å². The van der Waals surface area contributed by atoms with Gasteiger partial charge in [-0.15, -0.1) is 0 Å². The Kier molecular flexibility index (Phi) is 4.99. The summed E-state index contributed by atoms with van der Waals surface area (Å²) < 4.78 is 0. The molecule has 0 aliphatic heterocycles. The van der Waals surface area contributed by atoms with E-state index in [1.807, 2.05) is 0 Å². The molecule has 2 unspecified atom stereocenters. The standard InChI is InChI=1S/C17H13Cl3N2O2/c18-9-3-1-4-10(7-9)21-16(23)11-8-12(11)17(24)22-14-6-2-5-13(19)15(14)20/h1-7,11-12H,8H2,(H,21,23)(H,22,24). The lowest BCUT2D eigenvalue weighted by molar-refractivity contribution is -0.122. The molecule has 0 aromatic heterocycles. The van der Waals surface area contributed by atoms with E-state index in [1.165, 1.54) is 0 Å². The van der Waals surface area contributed by atoms with Gasteiger partial charge in [0.15, 0.2) is 0 Å². The van der Waals surface area contributed by atoms with Crippen LogP contribution in [-0.4, -0.2) is 11.8 Å². The maximum Gasteiger partial charge on any atom is 0.228 e. The third kappa shape index (κ3) is 3.83. The second kappa shape index (κ2) is 7.01. The fraction of sp³-hybridized carbons (Fsp3) is 0.176. The molecule has 0 spiro atoms. The highest BCUT2D eigenvalue weighted by atomic mass is 35.5. The van der Waals surface area contributed by atoms with Crippen molar-refractivity contribution in [1.29, 1.82) is 0 Å². The second-order valence-electron chi connectivity index (χ2n) is 5.54. The summed E-state index contributed by atoms with van der Waals surface area (Å²) in [6.45, 7) is 0. The van der Waals surface area contributed by atoms with E-state index in [0.29, 0.717) is 27.8 Å². The Morgan fingerprint density at radius 2 is 1.58 bits per heavy atom. The summed E-state index contributed by atoms with van der Waals surface area (Å²) in [5.74, 6) is -1.18. The highest BCUT2D eigenvalue weighted by molar-refractivity contribution is 6.44. The Bertz CT molecular complexity index is 810. The minimum Gasteiger partial charge on any atom is -0.326 e. The van der Waals surface area contributed by atoms with Crippen LogP contribution in [0.1, 0.15) is 6.42 Å². The number of benzene rings is 2. The van der Waals surface area contributed by atoms with Crippen molar-refractivity contribution < 1.29 is 9.59 Å². The first-order chi connectivity index (χ1) is 11.5. The van der Waals surface area contributed by atoms with Crippen LogP contribution in [0.25, 0.3) is 0 Å². The fourth-order valence-corrected chi connectivity index (χ4v) is 2.94. The molecule has 0 radical (unpaired) electrons. The zero-order valence-electron chi connectivity index (χ0n) is 12.4. The number of hydrogen-bond acceptors (Lipinski definition) is 2. The fourth-order valence-electron chi connectivity index (χ4n) is 2.40. The molecule has 1 aliphatic carbocycles. The first-order valence-corrected chi connectivity index (χ1v) is 8.40. The van der Waals surface area contributed by atoms with Crippen molar-refractivity contribution in [2.45, 2.75) is 6.42 Å². The minimum atomic E-state index is -0.376. The number of nitrogens with one attached hydrogen (secondary N) is 2. The molecule has 1 saturated carbocycles. The van der Waals surface area contributed by atoms with Gasteiger partial charge in [-0.05, 0) is 36.8 Å². The van der Waals surface area contributed by atoms with Gasteiger partial charge in [0, 0.05) is 10.7 Å². The van der Waals surface area contributed by atoms with Crippen LogP contribution in [0.3, 0.4) is 0 Å². The molecule has 4 nitrogen and oxygen atoms in total. The van der Waals surface area contributed by atoms with E-state index < -0.39 is 0 Å². The summed E-state index contributed by atoms with van der Waals surface area (Å²) in [7, 11) is 0. The summed E-state index contributed by atoms with van der Waals surface area (Å²) in [4.78, 5) is 24.4. The lowest BCUT2D eigenvalue weighted by Crippen LogP contribution is -2.20. The van der Waals surface area contributed by atoms with Gasteiger partial charge in [0.2, 0.25) is 11.8 Å². The minimum absolute atomic E-state index is 0.199. The van der Waals surface area contributed by atoms with Crippen molar-refractivity contribution in [3.8, 4) is 0 Å². The van der Waals surface area contributed by atoms with Gasteiger partial charge < -0.3 is 10.6 Å². The Balaban J connectivity index is 1.59. The number of hydrogen-bond donors (Lipinski definition) is 2. The van der Waals surface area contributed by atoms with E-state index in [2.05, 4.69) is 10.6 Å². The first kappa shape index (κ1) is 17.1. The normalized spacial score (nSPS) is 18.8. The predicted octanol–water partition coefficient (Wildman–Crippen LogP) is 4.86. The Labute approximate surface area is 154 Å². The van der Waals surface area contributed by atoms with Crippen LogP contribution >= 0.6 is 34.8 Å². The summed E-state index contributed by atoms with van der Waals surface area (Å²) >= 11 is 17.8. The third-order valence-electron chi connectivity index (χ3n) is 3.77. The Hall–Kier alpha value is -1.75. The lowest BCUT2D eigenvalue weighted by atomic mass is 10.2. The van der Waals surface area contributed by atoms with Gasteiger partial charge in [-0.2, -0.15) is 0 Å². The third-order valence-corrected chi connectivity index (χ3v) is 4.82. The SMILES string of the molecule is O=C(Nc1cccc(Cl)c1)C1CC1C(=O)Nc1cccc(Cl)c1Cl. The maximum atomic E-state index is 12.2. The van der Waals surface area contributed by atoms with Crippen molar-refractivity contribution in [1.82, 2.24) is 0 Å². The highest BCUT2D eigenvalue weighted by Gasteiger charge is 2.48. The van der Waals surface area contributed by atoms with E-state index in [9.17, 15) is 9.59 Å². The van der Waals surface area contributed by atoms with Crippen LogP contribution in [0.15, 0.2) is 42.5 Å². The van der Waals surface area contributed by atoms with Gasteiger partial charge in [0.05, 0.1) is 27.6 Å². The van der Waals surface area contributed by atoms with Crippen LogP contribution in [0, 0.1) is 11.8 Å². The average Bonchev–Trinajstić information content (AvgIpc) is 3.32. The molecule has 2 atom stereocenters. The molecular weight excluding hydrogens is 371 g/mol. The molecule has 0 bridgehead atoms. The maximum absolute atomic E-state index is 12.2. The molecule has 124 valence electrons. The van der Waals surface area contributed by atoms with Gasteiger partial charge >= 0.3 is 0 Å². The van der Waals surface area contributed by atoms with Gasteiger partial charge in [0.1, 0.15) is 0 Å². The van der Waals surface area contributed by atoms with Crippen LogP contribution in [-0.2, 0) is 9.59 Å². The summed E-state index contributed by atoms with van der Waals surface area (Å²) in [5, 5.41) is 6.66. The van der Waals surface area contributed by atoms with Crippen LogP contribution in [0.4, 0.5) is 11.4 Å². The van der Waals surface area contributed by atoms with Crippen molar-refractivity contribution in [2.75, 3.05) is 10.6 Å². The summed E-state index contributed by atoms with van der Waals surface area (Å²) in [6, 6.07) is 11.9. The lowest BCUT2D eigenvalue weighted by Gasteiger charge is -2.08. The predicted molar refractivity (Wildman–Crippen MR) is 96.8 cm³/mol. The smallest absolute Gasteiger partial charge is 0.228 e. The number of carbonyl (C=O) groups is 2. The highest BCUT2D eigenvalue weighted by Crippen LogP contribution is 2.41. The van der Waals surface area contributed by atoms with E-state index in [-0.39, 0.29) is 28.7 Å². The van der Waals surface area contributed by atoms with Crippen molar-refractivity contribution in [2.24, 2.45) is 11.8 Å². The molecule has 7 heteroatoms. The van der Waals surface area contributed by atoms with Crippen molar-refractivity contribution >= 4 is 58.0 Å². The van der Waals surface area contributed by atoms with E-state index in [4.69, 9.17) is 34.8 Å². The molecule has 2 N–H and O–H groups in total. The van der Waals surface area contributed by atoms with Crippen LogP contribution < -0.4 is 10.6 Å². The van der Waals surface area contributed by atoms with Crippen molar-refractivity contribution in [3.63, 3.8) is 0 Å². The van der Waals surface area contributed by atoms with Crippen molar-refractivity contribution in [3.05, 3.63) is 57.5 Å². The monoisotopic (exact) mass is 382 g/mol. The summed E-state index contributed by atoms with van der Waals surface area (Å²) in [5.41, 5.74) is 1.05. The molecule has 2 amide bonds. The van der Waals surface area contributed by atoms with Crippen LogP contribution in [0.5, 0.6) is 0 Å². The number of halogens is 3. The quantitative estimate of drug-likeness (QED) is 0.792. The first-order valence-electron chi connectivity index (χ1n) is 7.27. The molecule has 0 heterocycles. The second-order valence-corrected chi connectivity index (χ2v) is 6.76. The summed E-state index contributed by atoms with van der Waals surface area (Å²) in [6.07, 6.45) is 0.496.